The van der Waals surface area contributed by atoms with Crippen LogP contribution < -0.4 is 5.73 Å². The first kappa shape index (κ1) is 13.7. The van der Waals surface area contributed by atoms with Crippen LogP contribution in [0.25, 0.3) is 23.5 Å². The summed E-state index contributed by atoms with van der Waals surface area (Å²) in [4.78, 5) is 0. The van der Waals surface area contributed by atoms with Crippen molar-refractivity contribution < 1.29 is 8.83 Å². The maximum Gasteiger partial charge on any atom is 0.313 e. The van der Waals surface area contributed by atoms with Crippen molar-refractivity contribution in [2.75, 3.05) is 5.73 Å². The number of rotatable bonds is 3. The lowest BCUT2D eigenvalue weighted by atomic mass is 10.2. The molecule has 1 aromatic carbocycles. The zero-order valence-corrected chi connectivity index (χ0v) is 12.1. The second-order valence-electron chi connectivity index (χ2n) is 4.14. The molecule has 0 aliphatic carbocycles. The van der Waals surface area contributed by atoms with Gasteiger partial charge in [0.25, 0.3) is 0 Å². The summed E-state index contributed by atoms with van der Waals surface area (Å²) in [6.07, 6.45) is 3.30. The molecule has 2 aromatic heterocycles. The van der Waals surface area contributed by atoms with Gasteiger partial charge in [-0.15, -0.1) is 5.10 Å². The molecular formula is C14H9Cl2N3O2. The zero-order chi connectivity index (χ0) is 14.8. The molecule has 0 amide bonds. The van der Waals surface area contributed by atoms with Crippen molar-refractivity contribution in [3.63, 3.8) is 0 Å². The third-order valence-corrected chi connectivity index (χ3v) is 3.22. The molecule has 5 nitrogen and oxygen atoms in total. The number of anilines is 1. The Bertz CT molecular complexity index is 808. The molecule has 2 N–H and O–H groups in total. The van der Waals surface area contributed by atoms with Crippen LogP contribution in [0.5, 0.6) is 0 Å². The number of furan rings is 1. The smallest absolute Gasteiger partial charge is 0.313 e. The summed E-state index contributed by atoms with van der Waals surface area (Å²) in [6.45, 7) is 0. The van der Waals surface area contributed by atoms with E-state index < -0.39 is 0 Å². The van der Waals surface area contributed by atoms with Crippen LogP contribution in [0.3, 0.4) is 0 Å². The average molecular weight is 322 g/mol. The molecule has 106 valence electrons. The number of nitrogens with zero attached hydrogens (tertiary/aromatic N) is 2. The van der Waals surface area contributed by atoms with Crippen molar-refractivity contribution in [1.82, 2.24) is 10.2 Å². The van der Waals surface area contributed by atoms with E-state index >= 15 is 0 Å². The van der Waals surface area contributed by atoms with Gasteiger partial charge in [0.05, 0.1) is 5.02 Å². The molecule has 0 spiro atoms. The molecule has 0 saturated carbocycles. The van der Waals surface area contributed by atoms with E-state index in [1.54, 1.807) is 36.4 Å². The maximum absolute atomic E-state index is 6.14. The monoisotopic (exact) mass is 321 g/mol. The van der Waals surface area contributed by atoms with Crippen LogP contribution in [-0.2, 0) is 0 Å². The van der Waals surface area contributed by atoms with Gasteiger partial charge in [0.2, 0.25) is 5.89 Å². The lowest BCUT2D eigenvalue weighted by Gasteiger charge is -2.00. The Morgan fingerprint density at radius 3 is 2.57 bits per heavy atom. The van der Waals surface area contributed by atoms with E-state index in [0.29, 0.717) is 27.5 Å². The van der Waals surface area contributed by atoms with E-state index in [4.69, 9.17) is 37.8 Å². The minimum absolute atomic E-state index is 0.0164. The SMILES string of the molecule is Nc1nnc(/C=C/c2ccc(-c3ccc(Cl)cc3Cl)o2)o1. The molecule has 3 rings (SSSR count). The minimum Gasteiger partial charge on any atom is -0.457 e. The van der Waals surface area contributed by atoms with Crippen molar-refractivity contribution in [3.8, 4) is 11.3 Å². The van der Waals surface area contributed by atoms with Crippen LogP contribution in [0.2, 0.25) is 10.0 Å². The molecule has 0 bridgehead atoms. The Kier molecular flexibility index (Phi) is 3.68. The van der Waals surface area contributed by atoms with Crippen molar-refractivity contribution in [2.45, 2.75) is 0 Å². The highest BCUT2D eigenvalue weighted by molar-refractivity contribution is 6.36. The van der Waals surface area contributed by atoms with Gasteiger partial charge in [0, 0.05) is 16.7 Å². The Morgan fingerprint density at radius 1 is 1.00 bits per heavy atom. The fraction of sp³-hybridized carbons (Fsp3) is 0. The van der Waals surface area contributed by atoms with E-state index in [1.165, 1.54) is 0 Å². The predicted octanol–water partition coefficient (Wildman–Crippen LogP) is 4.39. The molecule has 7 heteroatoms. The molecule has 0 fully saturated rings. The summed E-state index contributed by atoms with van der Waals surface area (Å²) in [5.74, 6) is 1.56. The summed E-state index contributed by atoms with van der Waals surface area (Å²) in [5, 5.41) is 8.36. The molecule has 3 aromatic rings. The summed E-state index contributed by atoms with van der Waals surface area (Å²) in [5.41, 5.74) is 6.10. The first-order chi connectivity index (χ1) is 10.1. The average Bonchev–Trinajstić information content (AvgIpc) is 3.05. The van der Waals surface area contributed by atoms with Crippen molar-refractivity contribution in [2.24, 2.45) is 0 Å². The number of hydrogen-bond acceptors (Lipinski definition) is 5. The van der Waals surface area contributed by atoms with Crippen LogP contribution in [0, 0.1) is 0 Å². The van der Waals surface area contributed by atoms with Gasteiger partial charge in [-0.05, 0) is 36.4 Å². The molecule has 0 atom stereocenters. The maximum atomic E-state index is 6.14. The van der Waals surface area contributed by atoms with Gasteiger partial charge in [-0.3, -0.25) is 0 Å². The standard InChI is InChI=1S/C14H9Cl2N3O2/c15-8-1-4-10(11(16)7-8)12-5-2-9(20-12)3-6-13-18-19-14(17)21-13/h1-7H,(H2,17,19)/b6-3+. The van der Waals surface area contributed by atoms with Crippen LogP contribution in [0.15, 0.2) is 39.2 Å². The number of hydrogen-bond donors (Lipinski definition) is 1. The largest absolute Gasteiger partial charge is 0.457 e. The number of benzene rings is 1. The van der Waals surface area contributed by atoms with Crippen molar-refractivity contribution in [1.29, 1.82) is 0 Å². The molecule has 21 heavy (non-hydrogen) atoms. The predicted molar refractivity (Wildman–Crippen MR) is 81.8 cm³/mol. The molecule has 2 heterocycles. The summed E-state index contributed by atoms with van der Waals surface area (Å²) < 4.78 is 10.7. The first-order valence-corrected chi connectivity index (χ1v) is 6.70. The van der Waals surface area contributed by atoms with Gasteiger partial charge in [-0.1, -0.05) is 28.3 Å². The minimum atomic E-state index is 0.0164. The highest BCUT2D eigenvalue weighted by atomic mass is 35.5. The fourth-order valence-electron chi connectivity index (χ4n) is 1.74. The Hall–Kier alpha value is -2.24. The van der Waals surface area contributed by atoms with Crippen LogP contribution >= 0.6 is 23.2 Å². The third-order valence-electron chi connectivity index (χ3n) is 2.67. The molecule has 0 radical (unpaired) electrons. The van der Waals surface area contributed by atoms with Gasteiger partial charge < -0.3 is 14.6 Å². The van der Waals surface area contributed by atoms with Crippen LogP contribution in [-0.4, -0.2) is 10.2 Å². The highest BCUT2D eigenvalue weighted by Crippen LogP contribution is 2.31. The lowest BCUT2D eigenvalue weighted by Crippen LogP contribution is -1.81. The molecular weight excluding hydrogens is 313 g/mol. The Balaban J connectivity index is 1.84. The van der Waals surface area contributed by atoms with E-state index in [2.05, 4.69) is 10.2 Å². The number of halogens is 2. The third kappa shape index (κ3) is 3.09. The number of nitrogen functional groups attached to an aromatic ring is 1. The normalized spacial score (nSPS) is 11.3. The van der Waals surface area contributed by atoms with Crippen LogP contribution in [0.1, 0.15) is 11.7 Å². The van der Waals surface area contributed by atoms with Crippen molar-refractivity contribution in [3.05, 3.63) is 52.0 Å². The zero-order valence-electron chi connectivity index (χ0n) is 10.6. The van der Waals surface area contributed by atoms with Crippen molar-refractivity contribution >= 4 is 41.4 Å². The topological polar surface area (TPSA) is 78.1 Å². The second kappa shape index (κ2) is 5.63. The molecule has 0 aliphatic rings. The molecule has 0 saturated heterocycles. The number of nitrogens with two attached hydrogens (primary N) is 1. The summed E-state index contributed by atoms with van der Waals surface area (Å²) in [7, 11) is 0. The van der Waals surface area contributed by atoms with E-state index in [0.717, 1.165) is 5.56 Å². The van der Waals surface area contributed by atoms with Gasteiger partial charge in [0.1, 0.15) is 11.5 Å². The highest BCUT2D eigenvalue weighted by Gasteiger charge is 2.08. The fourth-order valence-corrected chi connectivity index (χ4v) is 2.25. The summed E-state index contributed by atoms with van der Waals surface area (Å²) in [6, 6.07) is 8.85. The van der Waals surface area contributed by atoms with Crippen LogP contribution in [0.4, 0.5) is 6.01 Å². The Morgan fingerprint density at radius 2 is 1.86 bits per heavy atom. The van der Waals surface area contributed by atoms with E-state index in [9.17, 15) is 0 Å². The van der Waals surface area contributed by atoms with Gasteiger partial charge in [0.15, 0.2) is 0 Å². The van der Waals surface area contributed by atoms with E-state index in [-0.39, 0.29) is 6.01 Å². The van der Waals surface area contributed by atoms with Gasteiger partial charge >= 0.3 is 6.01 Å². The second-order valence-corrected chi connectivity index (χ2v) is 4.98. The van der Waals surface area contributed by atoms with E-state index in [1.807, 2.05) is 6.07 Å². The van der Waals surface area contributed by atoms with Gasteiger partial charge in [-0.25, -0.2) is 0 Å². The summed E-state index contributed by atoms with van der Waals surface area (Å²) >= 11 is 12.0. The number of aromatic nitrogens is 2. The lowest BCUT2D eigenvalue weighted by molar-refractivity contribution is 0.561. The molecule has 0 aliphatic heterocycles. The quantitative estimate of drug-likeness (QED) is 0.774. The molecule has 0 unspecified atom stereocenters. The Labute approximate surface area is 130 Å². The first-order valence-electron chi connectivity index (χ1n) is 5.94. The van der Waals surface area contributed by atoms with Gasteiger partial charge in [-0.2, -0.15) is 0 Å².